The van der Waals surface area contributed by atoms with Crippen molar-refractivity contribution < 1.29 is 31.1 Å². The number of anilines is 1. The zero-order valence-corrected chi connectivity index (χ0v) is 12.0. The lowest BCUT2D eigenvalue weighted by atomic mass is 10.3. The van der Waals surface area contributed by atoms with Gasteiger partial charge in [0.2, 0.25) is 15.9 Å². The lowest BCUT2D eigenvalue weighted by Gasteiger charge is -2.16. The Hall–Kier alpha value is -1.81. The van der Waals surface area contributed by atoms with Gasteiger partial charge < -0.3 is 10.1 Å². The number of amides is 1. The molecule has 0 saturated carbocycles. The topological polar surface area (TPSA) is 75.7 Å². The molecule has 6 nitrogen and oxygen atoms in total. The molecule has 0 aliphatic carbocycles. The number of ether oxygens (including phenoxy) is 1. The van der Waals surface area contributed by atoms with Gasteiger partial charge in [-0.3, -0.25) is 4.79 Å². The van der Waals surface area contributed by atoms with Gasteiger partial charge >= 0.3 is 6.36 Å². The Morgan fingerprint density at radius 3 is 2.43 bits per heavy atom. The monoisotopic (exact) mass is 326 g/mol. The summed E-state index contributed by atoms with van der Waals surface area (Å²) in [4.78, 5) is 11.6. The number of benzene rings is 1. The fourth-order valence-corrected chi connectivity index (χ4v) is 1.64. The maximum Gasteiger partial charge on any atom is 0.573 e. The summed E-state index contributed by atoms with van der Waals surface area (Å²) in [7, 11) is -2.39. The summed E-state index contributed by atoms with van der Waals surface area (Å²) < 4.78 is 63.4. The molecule has 0 aromatic heterocycles. The Balaban J connectivity index is 2.82. The number of carbonyl (C=O) groups is 1. The predicted octanol–water partition coefficient (Wildman–Crippen LogP) is 1.42. The summed E-state index contributed by atoms with van der Waals surface area (Å²) in [6.07, 6.45) is -3.99. The predicted molar refractivity (Wildman–Crippen MR) is 69.2 cm³/mol. The first-order valence-electron chi connectivity index (χ1n) is 5.55. The summed E-state index contributed by atoms with van der Waals surface area (Å²) >= 11 is 0. The first kappa shape index (κ1) is 17.2. The molecule has 1 amide bonds. The van der Waals surface area contributed by atoms with Crippen LogP contribution in [0.3, 0.4) is 0 Å². The van der Waals surface area contributed by atoms with E-state index in [2.05, 4.69) is 10.1 Å². The van der Waals surface area contributed by atoms with Crippen molar-refractivity contribution in [2.75, 3.05) is 25.2 Å². The van der Waals surface area contributed by atoms with Crippen LogP contribution in [0.5, 0.6) is 5.75 Å². The molecule has 21 heavy (non-hydrogen) atoms. The van der Waals surface area contributed by atoms with Gasteiger partial charge in [0.05, 0.1) is 18.5 Å². The molecular weight excluding hydrogens is 313 g/mol. The van der Waals surface area contributed by atoms with Crippen LogP contribution in [0.1, 0.15) is 0 Å². The number of para-hydroxylation sites is 2. The zero-order valence-electron chi connectivity index (χ0n) is 11.1. The van der Waals surface area contributed by atoms with Crippen LogP contribution in [-0.2, 0) is 14.8 Å². The van der Waals surface area contributed by atoms with Gasteiger partial charge in [0.1, 0.15) is 0 Å². The number of carbonyl (C=O) groups excluding carboxylic acids is 1. The third kappa shape index (κ3) is 6.00. The van der Waals surface area contributed by atoms with Crippen molar-refractivity contribution in [2.45, 2.75) is 6.36 Å². The van der Waals surface area contributed by atoms with Gasteiger partial charge in [-0.05, 0) is 12.1 Å². The number of alkyl halides is 3. The Labute approximate surface area is 119 Å². The van der Waals surface area contributed by atoms with E-state index in [1.807, 2.05) is 0 Å². The molecule has 0 aliphatic rings. The largest absolute Gasteiger partial charge is 0.573 e. The van der Waals surface area contributed by atoms with Crippen LogP contribution < -0.4 is 10.1 Å². The van der Waals surface area contributed by atoms with Crippen LogP contribution in [0, 0.1) is 0 Å². The number of hydrogen-bond donors (Lipinski definition) is 1. The summed E-state index contributed by atoms with van der Waals surface area (Å²) in [5.41, 5.74) is -0.207. The lowest BCUT2D eigenvalue weighted by Crippen LogP contribution is -2.34. The molecule has 1 N–H and O–H groups in total. The van der Waals surface area contributed by atoms with Crippen molar-refractivity contribution in [3.05, 3.63) is 24.3 Å². The highest BCUT2D eigenvalue weighted by molar-refractivity contribution is 7.88. The van der Waals surface area contributed by atoms with Crippen LogP contribution in [0.25, 0.3) is 0 Å². The molecule has 0 bridgehead atoms. The number of hydrogen-bond acceptors (Lipinski definition) is 4. The minimum absolute atomic E-state index is 0.207. The molecule has 0 radical (unpaired) electrons. The van der Waals surface area contributed by atoms with Crippen molar-refractivity contribution >= 4 is 21.6 Å². The van der Waals surface area contributed by atoms with Gasteiger partial charge in [0.15, 0.2) is 5.75 Å². The molecule has 0 heterocycles. The lowest BCUT2D eigenvalue weighted by molar-refractivity contribution is -0.274. The Bertz CT molecular complexity index is 616. The number of rotatable bonds is 5. The maximum atomic E-state index is 12.2. The molecule has 1 aromatic rings. The van der Waals surface area contributed by atoms with Gasteiger partial charge in [-0.25, -0.2) is 8.42 Å². The van der Waals surface area contributed by atoms with E-state index in [1.54, 1.807) is 0 Å². The van der Waals surface area contributed by atoms with Crippen molar-refractivity contribution in [3.8, 4) is 5.75 Å². The Morgan fingerprint density at radius 2 is 1.90 bits per heavy atom. The van der Waals surface area contributed by atoms with E-state index in [9.17, 15) is 26.4 Å². The van der Waals surface area contributed by atoms with Gasteiger partial charge in [-0.1, -0.05) is 12.1 Å². The Kier molecular flexibility index (Phi) is 5.18. The maximum absolute atomic E-state index is 12.2. The van der Waals surface area contributed by atoms with Crippen LogP contribution >= 0.6 is 0 Å². The second-order valence-corrected chi connectivity index (χ2v) is 6.20. The first-order valence-corrected chi connectivity index (χ1v) is 7.40. The smallest absolute Gasteiger partial charge is 0.404 e. The molecule has 0 aliphatic heterocycles. The minimum Gasteiger partial charge on any atom is -0.404 e. The summed E-state index contributed by atoms with van der Waals surface area (Å²) in [5.74, 6) is -1.37. The summed E-state index contributed by atoms with van der Waals surface area (Å²) in [5, 5.41) is 2.17. The molecule has 0 unspecified atom stereocenters. The highest BCUT2D eigenvalue weighted by Gasteiger charge is 2.32. The Morgan fingerprint density at radius 1 is 1.33 bits per heavy atom. The quantitative estimate of drug-likeness (QED) is 0.888. The van der Waals surface area contributed by atoms with Gasteiger partial charge in [-0.15, -0.1) is 13.2 Å². The third-order valence-electron chi connectivity index (χ3n) is 2.32. The molecule has 0 fully saturated rings. The van der Waals surface area contributed by atoms with E-state index in [4.69, 9.17) is 0 Å². The van der Waals surface area contributed by atoms with E-state index < -0.39 is 34.6 Å². The zero-order chi connectivity index (χ0) is 16.3. The van der Waals surface area contributed by atoms with Gasteiger partial charge in [-0.2, -0.15) is 4.31 Å². The van der Waals surface area contributed by atoms with E-state index in [-0.39, 0.29) is 5.69 Å². The summed E-state index contributed by atoms with van der Waals surface area (Å²) in [6, 6.07) is 4.95. The summed E-state index contributed by atoms with van der Waals surface area (Å²) in [6.45, 7) is -0.529. The van der Waals surface area contributed by atoms with Crippen molar-refractivity contribution in [1.82, 2.24) is 4.31 Å². The number of nitrogens with one attached hydrogen (secondary N) is 1. The molecule has 0 atom stereocenters. The van der Waals surface area contributed by atoms with E-state index in [0.717, 1.165) is 16.6 Å². The average molecular weight is 326 g/mol. The van der Waals surface area contributed by atoms with Crippen LogP contribution in [0.2, 0.25) is 0 Å². The van der Waals surface area contributed by atoms with Crippen LogP contribution in [0.4, 0.5) is 18.9 Å². The van der Waals surface area contributed by atoms with Gasteiger partial charge in [0, 0.05) is 7.05 Å². The number of likely N-dealkylation sites (N-methyl/N-ethyl adjacent to an activating group) is 1. The standard InChI is InChI=1S/C11H13F3N2O4S/c1-16(21(2,18)19)7-10(17)15-8-5-3-4-6-9(8)20-11(12,13)14/h3-6H,7H2,1-2H3,(H,15,17). The molecule has 1 rings (SSSR count). The SMILES string of the molecule is CN(CC(=O)Nc1ccccc1OC(F)(F)F)S(C)(=O)=O. The highest BCUT2D eigenvalue weighted by Crippen LogP contribution is 2.29. The molecule has 118 valence electrons. The third-order valence-corrected chi connectivity index (χ3v) is 3.58. The number of halogens is 3. The fraction of sp³-hybridized carbons (Fsp3) is 0.364. The number of nitrogens with zero attached hydrogens (tertiary/aromatic N) is 1. The average Bonchev–Trinajstić information content (AvgIpc) is 2.28. The normalized spacial score (nSPS) is 12.3. The first-order chi connectivity index (χ1) is 9.49. The van der Waals surface area contributed by atoms with Gasteiger partial charge in [0.25, 0.3) is 0 Å². The molecule has 0 spiro atoms. The van der Waals surface area contributed by atoms with E-state index in [1.165, 1.54) is 25.2 Å². The fourth-order valence-electron chi connectivity index (χ4n) is 1.29. The van der Waals surface area contributed by atoms with Crippen LogP contribution in [-0.4, -0.2) is 44.8 Å². The molecular formula is C11H13F3N2O4S. The second kappa shape index (κ2) is 6.31. The minimum atomic E-state index is -4.90. The highest BCUT2D eigenvalue weighted by atomic mass is 32.2. The molecule has 1 aromatic carbocycles. The van der Waals surface area contributed by atoms with Crippen molar-refractivity contribution in [1.29, 1.82) is 0 Å². The number of sulfonamides is 1. The second-order valence-electron chi connectivity index (χ2n) is 4.11. The molecule has 0 saturated heterocycles. The van der Waals surface area contributed by atoms with Crippen LogP contribution in [0.15, 0.2) is 24.3 Å². The van der Waals surface area contributed by atoms with Crippen molar-refractivity contribution in [2.24, 2.45) is 0 Å². The van der Waals surface area contributed by atoms with E-state index >= 15 is 0 Å². The van der Waals surface area contributed by atoms with E-state index in [0.29, 0.717) is 0 Å². The van der Waals surface area contributed by atoms with Crippen molar-refractivity contribution in [3.63, 3.8) is 0 Å². The molecule has 10 heteroatoms.